The molecule has 36 heavy (non-hydrogen) atoms. The van der Waals surface area contributed by atoms with Crippen LogP contribution in [-0.2, 0) is 11.3 Å². The number of aromatic amines is 1. The van der Waals surface area contributed by atoms with Crippen LogP contribution < -0.4 is 5.32 Å². The normalized spacial score (nSPS) is 14.6. The lowest BCUT2D eigenvalue weighted by molar-refractivity contribution is 0.0526. The average molecular weight is 489 g/mol. The van der Waals surface area contributed by atoms with Crippen LogP contribution >= 0.6 is 0 Å². The van der Waals surface area contributed by atoms with Crippen molar-refractivity contribution in [3.05, 3.63) is 59.4 Å². The summed E-state index contributed by atoms with van der Waals surface area (Å²) in [4.78, 5) is 23.2. The first-order valence-electron chi connectivity index (χ1n) is 12.8. The van der Waals surface area contributed by atoms with E-state index in [-0.39, 0.29) is 11.8 Å². The predicted molar refractivity (Wildman–Crippen MR) is 143 cm³/mol. The van der Waals surface area contributed by atoms with Crippen LogP contribution in [0, 0.1) is 5.82 Å². The highest BCUT2D eigenvalue weighted by atomic mass is 19.1. The van der Waals surface area contributed by atoms with Crippen molar-refractivity contribution in [2.75, 3.05) is 26.0 Å². The average Bonchev–Trinajstić information content (AvgIpc) is 3.30. The van der Waals surface area contributed by atoms with Crippen LogP contribution in [0.2, 0.25) is 0 Å². The second-order valence-electron chi connectivity index (χ2n) is 9.68. The standard InChI is InChI=1S/C29H33FN4O2/c1-4-36-29(35)18-10-11-23(20(12-18)17-34(3)22-8-6-5-7-9-22)24-16-26-25(32-24)14-19-13-21(30)15-27(31-2)28(19)33-26/h10-16,22,31-32H,4-9,17H2,1-3H3. The molecule has 0 radical (unpaired) electrons. The van der Waals surface area contributed by atoms with Gasteiger partial charge in [-0.1, -0.05) is 25.3 Å². The molecule has 0 spiro atoms. The van der Waals surface area contributed by atoms with Crippen molar-refractivity contribution in [1.29, 1.82) is 0 Å². The van der Waals surface area contributed by atoms with Crippen molar-refractivity contribution in [3.8, 4) is 11.3 Å². The summed E-state index contributed by atoms with van der Waals surface area (Å²) in [5.41, 5.74) is 6.59. The highest BCUT2D eigenvalue weighted by molar-refractivity contribution is 5.99. The van der Waals surface area contributed by atoms with Crippen molar-refractivity contribution < 1.29 is 13.9 Å². The molecule has 0 atom stereocenters. The lowest BCUT2D eigenvalue weighted by Crippen LogP contribution is -2.33. The molecular weight excluding hydrogens is 455 g/mol. The van der Waals surface area contributed by atoms with Crippen LogP contribution in [0.1, 0.15) is 54.9 Å². The molecule has 2 heterocycles. The van der Waals surface area contributed by atoms with Gasteiger partial charge < -0.3 is 15.0 Å². The van der Waals surface area contributed by atoms with Crippen molar-refractivity contribution >= 4 is 33.6 Å². The third-order valence-corrected chi connectivity index (χ3v) is 7.26. The Morgan fingerprint density at radius 1 is 1.17 bits per heavy atom. The largest absolute Gasteiger partial charge is 0.462 e. The first-order valence-corrected chi connectivity index (χ1v) is 12.8. The predicted octanol–water partition coefficient (Wildman–Crippen LogP) is 6.51. The highest BCUT2D eigenvalue weighted by Crippen LogP contribution is 2.32. The van der Waals surface area contributed by atoms with E-state index >= 15 is 0 Å². The minimum Gasteiger partial charge on any atom is -0.462 e. The zero-order valence-corrected chi connectivity index (χ0v) is 21.2. The Hall–Kier alpha value is -3.45. The smallest absolute Gasteiger partial charge is 0.338 e. The fraction of sp³-hybridized carbons (Fsp3) is 0.379. The summed E-state index contributed by atoms with van der Waals surface area (Å²) < 4.78 is 19.4. The molecule has 2 aromatic heterocycles. The second kappa shape index (κ2) is 10.3. The summed E-state index contributed by atoms with van der Waals surface area (Å²) >= 11 is 0. The van der Waals surface area contributed by atoms with Crippen molar-refractivity contribution in [1.82, 2.24) is 14.9 Å². The maximum absolute atomic E-state index is 14.1. The van der Waals surface area contributed by atoms with Gasteiger partial charge in [-0.05, 0) is 68.8 Å². The first-order chi connectivity index (χ1) is 17.5. The van der Waals surface area contributed by atoms with Crippen LogP contribution in [0.15, 0.2) is 42.5 Å². The number of benzene rings is 2. The molecule has 7 heteroatoms. The van der Waals surface area contributed by atoms with Gasteiger partial charge in [0.1, 0.15) is 5.82 Å². The third-order valence-electron chi connectivity index (χ3n) is 7.26. The van der Waals surface area contributed by atoms with Gasteiger partial charge in [0, 0.05) is 36.3 Å². The van der Waals surface area contributed by atoms with Gasteiger partial charge in [-0.2, -0.15) is 0 Å². The number of nitrogens with one attached hydrogen (secondary N) is 2. The first kappa shape index (κ1) is 24.3. The minimum absolute atomic E-state index is 0.303. The van der Waals surface area contributed by atoms with Gasteiger partial charge in [0.25, 0.3) is 0 Å². The van der Waals surface area contributed by atoms with E-state index in [1.54, 1.807) is 7.05 Å². The maximum Gasteiger partial charge on any atom is 0.338 e. The van der Waals surface area contributed by atoms with E-state index < -0.39 is 0 Å². The van der Waals surface area contributed by atoms with E-state index in [1.807, 2.05) is 37.3 Å². The molecule has 1 aliphatic carbocycles. The van der Waals surface area contributed by atoms with Crippen molar-refractivity contribution in [2.24, 2.45) is 0 Å². The number of fused-ring (bicyclic) bond motifs is 2. The zero-order valence-electron chi connectivity index (χ0n) is 21.2. The minimum atomic E-state index is -0.309. The lowest BCUT2D eigenvalue weighted by Gasteiger charge is -2.31. The Kier molecular flexibility index (Phi) is 6.92. The van der Waals surface area contributed by atoms with Gasteiger partial charge in [0.2, 0.25) is 0 Å². The van der Waals surface area contributed by atoms with Crippen molar-refractivity contribution in [2.45, 2.75) is 51.6 Å². The van der Waals surface area contributed by atoms with Crippen LogP contribution in [0.4, 0.5) is 10.1 Å². The van der Waals surface area contributed by atoms with Gasteiger partial charge >= 0.3 is 5.97 Å². The van der Waals surface area contributed by atoms with E-state index in [2.05, 4.69) is 22.2 Å². The molecule has 0 aliphatic heterocycles. The number of pyridine rings is 1. The Morgan fingerprint density at radius 3 is 2.72 bits per heavy atom. The van der Waals surface area contributed by atoms with E-state index in [0.717, 1.165) is 45.3 Å². The fourth-order valence-corrected chi connectivity index (χ4v) is 5.38. The van der Waals surface area contributed by atoms with Gasteiger partial charge in [-0.25, -0.2) is 14.2 Å². The van der Waals surface area contributed by atoms with Crippen LogP contribution in [0.25, 0.3) is 33.2 Å². The van der Waals surface area contributed by atoms with E-state index in [4.69, 9.17) is 9.72 Å². The van der Waals surface area contributed by atoms with E-state index in [0.29, 0.717) is 23.9 Å². The van der Waals surface area contributed by atoms with Crippen LogP contribution in [0.3, 0.4) is 0 Å². The number of H-pyrrole nitrogens is 1. The van der Waals surface area contributed by atoms with Gasteiger partial charge in [0.15, 0.2) is 0 Å². The number of anilines is 1. The summed E-state index contributed by atoms with van der Waals surface area (Å²) in [5.74, 6) is -0.612. The molecule has 4 aromatic rings. The Morgan fingerprint density at radius 2 is 1.97 bits per heavy atom. The number of carbonyl (C=O) groups excluding carboxylic acids is 1. The SMILES string of the molecule is CCOC(=O)c1ccc(-c2cc3nc4c(NC)cc(F)cc4cc3[nH]2)c(CN(C)C2CCCCC2)c1. The van der Waals surface area contributed by atoms with Crippen LogP contribution in [0.5, 0.6) is 0 Å². The number of hydrogen-bond acceptors (Lipinski definition) is 5. The molecule has 0 bridgehead atoms. The number of ether oxygens (including phenoxy) is 1. The number of hydrogen-bond donors (Lipinski definition) is 2. The molecule has 188 valence electrons. The third kappa shape index (κ3) is 4.80. The molecule has 1 aliphatic rings. The number of halogens is 1. The van der Waals surface area contributed by atoms with Gasteiger partial charge in [0.05, 0.1) is 34.4 Å². The number of rotatable bonds is 7. The topological polar surface area (TPSA) is 70.2 Å². The second-order valence-corrected chi connectivity index (χ2v) is 9.68. The molecule has 1 saturated carbocycles. The summed E-state index contributed by atoms with van der Waals surface area (Å²) in [5, 5.41) is 3.77. The summed E-state index contributed by atoms with van der Waals surface area (Å²) in [6, 6.07) is 13.2. The van der Waals surface area contributed by atoms with E-state index in [1.165, 1.54) is 44.2 Å². The van der Waals surface area contributed by atoms with Crippen LogP contribution in [-0.4, -0.2) is 47.6 Å². The zero-order chi connectivity index (χ0) is 25.2. The Balaban J connectivity index is 1.57. The molecule has 0 saturated heterocycles. The maximum atomic E-state index is 14.1. The molecule has 6 nitrogen and oxygen atoms in total. The molecule has 0 amide bonds. The molecule has 1 fully saturated rings. The molecule has 5 rings (SSSR count). The summed E-state index contributed by atoms with van der Waals surface area (Å²) in [6.45, 7) is 2.89. The number of nitrogens with zero attached hydrogens (tertiary/aromatic N) is 2. The Labute approximate surface area is 210 Å². The molecule has 2 aromatic carbocycles. The summed E-state index contributed by atoms with van der Waals surface area (Å²) in [7, 11) is 3.94. The number of carbonyl (C=O) groups is 1. The molecular formula is C29H33FN4O2. The lowest BCUT2D eigenvalue weighted by atomic mass is 9.93. The number of aromatic nitrogens is 2. The highest BCUT2D eigenvalue weighted by Gasteiger charge is 2.21. The molecule has 2 N–H and O–H groups in total. The monoisotopic (exact) mass is 488 g/mol. The summed E-state index contributed by atoms with van der Waals surface area (Å²) in [6.07, 6.45) is 6.25. The quantitative estimate of drug-likeness (QED) is 0.290. The van der Waals surface area contributed by atoms with Gasteiger partial charge in [-0.15, -0.1) is 0 Å². The van der Waals surface area contributed by atoms with Crippen molar-refractivity contribution in [3.63, 3.8) is 0 Å². The number of esters is 1. The Bertz CT molecular complexity index is 1410. The molecule has 0 unspecified atom stereocenters. The fourth-order valence-electron chi connectivity index (χ4n) is 5.38. The van der Waals surface area contributed by atoms with Gasteiger partial charge in [-0.3, -0.25) is 4.90 Å². The van der Waals surface area contributed by atoms with E-state index in [9.17, 15) is 9.18 Å².